The Labute approximate surface area is 87.5 Å². The zero-order valence-electron chi connectivity index (χ0n) is 7.79. The van der Waals surface area contributed by atoms with Crippen LogP contribution in [0.15, 0.2) is 0 Å². The van der Waals surface area contributed by atoms with Gasteiger partial charge in [-0.2, -0.15) is 7.33 Å². The molecule has 0 radical (unpaired) electrons. The van der Waals surface area contributed by atoms with Gasteiger partial charge < -0.3 is 11.5 Å². The molecule has 0 spiro atoms. The van der Waals surface area contributed by atoms with Crippen molar-refractivity contribution in [3.05, 3.63) is 0 Å². The van der Waals surface area contributed by atoms with Gasteiger partial charge in [0, 0.05) is 0 Å². The molecule has 0 saturated heterocycles. The van der Waals surface area contributed by atoms with Crippen molar-refractivity contribution >= 4 is 51.2 Å². The molecule has 12 heavy (non-hydrogen) atoms. The Morgan fingerprint density at radius 3 is 1.50 bits per heavy atom. The molecule has 0 aromatic rings. The van der Waals surface area contributed by atoms with Gasteiger partial charge >= 0.3 is 0 Å². The molecule has 0 heterocycles. The van der Waals surface area contributed by atoms with E-state index in [-0.39, 0.29) is 0 Å². The van der Waals surface area contributed by atoms with E-state index in [1.807, 2.05) is 25.0 Å². The molecule has 4 N–H and O–H groups in total. The molecule has 0 amide bonds. The summed E-state index contributed by atoms with van der Waals surface area (Å²) < 4.78 is 0.910. The normalized spacial score (nSPS) is 17.7. The molecule has 0 aliphatic carbocycles. The van der Waals surface area contributed by atoms with Crippen molar-refractivity contribution in [2.45, 2.75) is 0 Å². The van der Waals surface area contributed by atoms with Crippen LogP contribution in [0.5, 0.6) is 0 Å². The van der Waals surface area contributed by atoms with E-state index in [0.29, 0.717) is 8.64 Å². The van der Waals surface area contributed by atoms with Gasteiger partial charge in [-0.15, -0.1) is 0 Å². The van der Waals surface area contributed by atoms with Crippen LogP contribution in [0.1, 0.15) is 0 Å². The maximum absolute atomic E-state index is 5.73. The van der Waals surface area contributed by atoms with E-state index >= 15 is 0 Å². The van der Waals surface area contributed by atoms with Crippen molar-refractivity contribution in [1.29, 1.82) is 0 Å². The third-order valence-electron chi connectivity index (χ3n) is 1.34. The second kappa shape index (κ2) is 2.50. The lowest BCUT2D eigenvalue weighted by Crippen LogP contribution is -2.41. The molecule has 74 valence electrons. The summed E-state index contributed by atoms with van der Waals surface area (Å²) in [6, 6.07) is 0. The first-order valence-corrected chi connectivity index (χ1v) is 9.43. The Hall–Kier alpha value is 0.480. The Morgan fingerprint density at radius 1 is 1.08 bits per heavy atom. The van der Waals surface area contributed by atoms with Gasteiger partial charge in [0.15, 0.2) is 0 Å². The van der Waals surface area contributed by atoms with Gasteiger partial charge in [-0.3, -0.25) is 0 Å². The van der Waals surface area contributed by atoms with Crippen LogP contribution in [-0.2, 0) is 0 Å². The molecule has 0 aliphatic heterocycles. The lowest BCUT2D eigenvalue weighted by Gasteiger charge is -2.66. The van der Waals surface area contributed by atoms with E-state index in [9.17, 15) is 0 Å². The average Bonchev–Trinajstić information content (AvgIpc) is 1.54. The zero-order valence-corrected chi connectivity index (χ0v) is 11.1. The number of thiocarbonyl (C=S) groups is 2. The molecule has 6 heteroatoms. The van der Waals surface area contributed by atoms with Crippen LogP contribution >= 0.6 is 42.6 Å². The summed E-state index contributed by atoms with van der Waals surface area (Å²) in [4.78, 5) is 0. The fourth-order valence-electron chi connectivity index (χ4n) is 0.411. The van der Waals surface area contributed by atoms with E-state index in [1.54, 1.807) is 0 Å². The van der Waals surface area contributed by atoms with Crippen molar-refractivity contribution in [3.63, 3.8) is 0 Å². The van der Waals surface area contributed by atoms with Gasteiger partial charge in [0.25, 0.3) is 0 Å². The summed E-state index contributed by atoms with van der Waals surface area (Å²) in [5, 5.41) is 0. The van der Waals surface area contributed by atoms with Gasteiger partial charge in [-0.1, -0.05) is 35.2 Å². The first kappa shape index (κ1) is 12.5. The van der Waals surface area contributed by atoms with E-state index in [2.05, 4.69) is 0 Å². The van der Waals surface area contributed by atoms with Crippen LogP contribution < -0.4 is 11.5 Å². The van der Waals surface area contributed by atoms with Crippen molar-refractivity contribution in [2.75, 3.05) is 25.0 Å². The number of rotatable bonds is 0. The fourth-order valence-corrected chi connectivity index (χ4v) is 6.76. The predicted octanol–water partition coefficient (Wildman–Crippen LogP) is 1.52. The second-order valence-electron chi connectivity index (χ2n) is 4.74. The molecule has 0 saturated carbocycles. The van der Waals surface area contributed by atoms with Crippen LogP contribution in [0.25, 0.3) is 0 Å². The van der Waals surface area contributed by atoms with Gasteiger partial charge in [-0.05, 0) is 25.0 Å². The first-order valence-electron chi connectivity index (χ1n) is 3.19. The Balaban J connectivity index is 5.21. The minimum atomic E-state index is -2.58. The molecule has 0 atom stereocenters. The SMILES string of the molecule is CS(C)(C)(C)(SC(N)=S)C(N)=S. The molecular formula is C6H16N2S4. The van der Waals surface area contributed by atoms with Crippen LogP contribution in [0.2, 0.25) is 0 Å². The summed E-state index contributed by atoms with van der Waals surface area (Å²) in [5.74, 6) is 0. The highest BCUT2D eigenvalue weighted by Gasteiger charge is 2.47. The van der Waals surface area contributed by atoms with Gasteiger partial charge in [0.2, 0.25) is 0 Å². The van der Waals surface area contributed by atoms with E-state index in [4.69, 9.17) is 35.9 Å². The monoisotopic (exact) mass is 244 g/mol. The van der Waals surface area contributed by atoms with Crippen molar-refractivity contribution in [3.8, 4) is 0 Å². The third-order valence-corrected chi connectivity index (χ3v) is 10.5. The minimum absolute atomic E-state index is 0.402. The Kier molecular flexibility index (Phi) is 2.59. The summed E-state index contributed by atoms with van der Waals surface area (Å²) in [6.45, 7) is 0. The van der Waals surface area contributed by atoms with Crippen LogP contribution in [0.3, 0.4) is 0 Å². The lowest BCUT2D eigenvalue weighted by atomic mass is 11.5. The number of hydrogen-bond donors (Lipinski definition) is 2. The molecule has 0 fully saturated rings. The Morgan fingerprint density at radius 2 is 1.42 bits per heavy atom. The van der Waals surface area contributed by atoms with E-state index in [0.717, 1.165) is 0 Å². The number of hydrogen-bond acceptors (Lipinski definition) is 3. The molecule has 0 unspecified atom stereocenters. The summed E-state index contributed by atoms with van der Waals surface area (Å²) in [6.07, 6.45) is 8.19. The molecule has 0 rings (SSSR count). The smallest absolute Gasteiger partial charge is 0.139 e. The van der Waals surface area contributed by atoms with Crippen LogP contribution in [0, 0.1) is 0 Å². The standard InChI is InChI=1S/C6H16N2S4/c1-12(2,3,4,6(8)10)11-5(7)9/h1-4H3,(H2,7,9)(H2,8,10). The van der Waals surface area contributed by atoms with Crippen LogP contribution in [0.4, 0.5) is 0 Å². The highest BCUT2D eigenvalue weighted by Crippen LogP contribution is 2.87. The van der Waals surface area contributed by atoms with Gasteiger partial charge in [-0.25, -0.2) is 0 Å². The van der Waals surface area contributed by atoms with Gasteiger partial charge in [0.05, 0.1) is 0 Å². The summed E-state index contributed by atoms with van der Waals surface area (Å²) >= 11 is 9.93. The number of nitrogens with two attached hydrogens (primary N) is 2. The fraction of sp³-hybridized carbons (Fsp3) is 0.667. The topological polar surface area (TPSA) is 52.0 Å². The average molecular weight is 244 g/mol. The molecular weight excluding hydrogens is 228 g/mol. The Bertz CT molecular complexity index is 247. The third kappa shape index (κ3) is 3.08. The maximum atomic E-state index is 5.73. The van der Waals surface area contributed by atoms with Crippen LogP contribution in [-0.4, -0.2) is 33.7 Å². The van der Waals surface area contributed by atoms with E-state index < -0.39 is 7.33 Å². The largest absolute Gasteiger partial charge is 0.386 e. The zero-order chi connectivity index (χ0) is 10.3. The predicted molar refractivity (Wildman–Crippen MR) is 72.4 cm³/mol. The lowest BCUT2D eigenvalue weighted by molar-refractivity contribution is 1.83. The van der Waals surface area contributed by atoms with Gasteiger partial charge in [0.1, 0.15) is 8.64 Å². The highest BCUT2D eigenvalue weighted by atomic mass is 33.2. The summed E-state index contributed by atoms with van der Waals surface area (Å²) in [7, 11) is -1.15. The summed E-state index contributed by atoms with van der Waals surface area (Å²) in [5.41, 5.74) is 11.2. The van der Waals surface area contributed by atoms with Crippen molar-refractivity contribution in [2.24, 2.45) is 11.5 Å². The minimum Gasteiger partial charge on any atom is -0.386 e. The molecule has 2 nitrogen and oxygen atoms in total. The quantitative estimate of drug-likeness (QED) is 0.500. The van der Waals surface area contributed by atoms with E-state index in [1.165, 1.54) is 10.8 Å². The molecule has 0 aromatic carbocycles. The molecule has 0 aliphatic rings. The molecule has 0 bridgehead atoms. The van der Waals surface area contributed by atoms with Crippen molar-refractivity contribution < 1.29 is 0 Å². The first-order chi connectivity index (χ1) is 4.88. The van der Waals surface area contributed by atoms with Crippen molar-refractivity contribution in [1.82, 2.24) is 0 Å². The highest BCUT2D eigenvalue weighted by molar-refractivity contribution is 9.22. The second-order valence-corrected chi connectivity index (χ2v) is 20.2. The maximum Gasteiger partial charge on any atom is 0.139 e. The molecule has 0 aromatic heterocycles.